The van der Waals surface area contributed by atoms with Crippen molar-refractivity contribution < 1.29 is 115 Å². The van der Waals surface area contributed by atoms with E-state index in [1.54, 1.807) is 112 Å². The van der Waals surface area contributed by atoms with E-state index in [2.05, 4.69) is 52.8 Å². The van der Waals surface area contributed by atoms with Crippen LogP contribution in [0.2, 0.25) is 0 Å². The number of carboxylic acid groups (broad SMARTS) is 1. The van der Waals surface area contributed by atoms with Crippen molar-refractivity contribution in [3.05, 3.63) is 203 Å². The van der Waals surface area contributed by atoms with Gasteiger partial charge >= 0.3 is 5.97 Å². The van der Waals surface area contributed by atoms with Crippen molar-refractivity contribution in [2.75, 3.05) is 52.3 Å². The topological polar surface area (TPSA) is 541 Å². The van der Waals surface area contributed by atoms with Crippen molar-refractivity contribution in [3.8, 4) is 11.5 Å². The highest BCUT2D eigenvalue weighted by Crippen LogP contribution is 2.30. The Morgan fingerprint density at radius 3 is 1.51 bits per heavy atom. The molecule has 0 radical (unpaired) electrons. The van der Waals surface area contributed by atoms with Crippen LogP contribution in [-0.4, -0.2) is 293 Å². The van der Waals surface area contributed by atoms with Crippen LogP contribution < -0.4 is 53.6 Å². The number of nitrogens with zero attached hydrogens (tertiary/aromatic N) is 5. The van der Waals surface area contributed by atoms with Gasteiger partial charge < -0.3 is 109 Å². The number of primary amides is 1. The fourth-order valence-electron chi connectivity index (χ4n) is 17.0. The minimum absolute atomic E-state index is 0.141. The highest BCUT2D eigenvalue weighted by molar-refractivity contribution is 8.00. The number of para-hydroxylation sites is 1. The average molecular weight is 1930 g/mol. The third-order valence-corrected chi connectivity index (χ3v) is 25.5. The lowest BCUT2D eigenvalue weighted by molar-refractivity contribution is -0.152. The number of aliphatic carboxylic acids is 1. The fourth-order valence-corrected chi connectivity index (χ4v) is 17.9. The standard InChI is InChI=1S/C97H119F3N16O21S/c1-9-10-25-75-96(136)116-49-63(120)44-78(116)92(132)108-71(45-82(123)124)89(129)111-84(53(4)5)97(137)113(7)76(40-54-19-13-11-14-20-54)90(130)109-73(38-57-28-32-61(118)33-29-57)94(134)115-48-62(119)43-77(115)91(131)107-70(42-59-46-102-67-24-18-17-23-64(59)67)88(128)106-69(37-56-26-30-60(117)31-27-56)87(127)105-68(34-52(2)3)86(126)110-74(85(125)103-47-80(101)121)50-138-51-81(122)104-72(39-58-35-65(98)83(100)66(99)36-58)93(133)114(8)79(95(135)112(75)6)41-55-21-15-12-16-22-55/h11-24,26-33,35-36,46,52-53,62-63,68-79,84,102,117-120H,9-10,25,34,37-45,47-51H2,1-8H3,(H2,101,121)(H,103,125)(H,104,122)(H,105,127)(H,106,128)(H,107,131)(H,108,132)(H,109,130)(H,110,126)(H,111,129)(H,123,124)/t62-,63+,68-,69+,70+,71+,72-,73+,74+,75+,76-,77-,78-,79+,84+/m1/s1. The molecule has 15 atom stereocenters. The van der Waals surface area contributed by atoms with Gasteiger partial charge in [-0.1, -0.05) is 151 Å². The first kappa shape index (κ1) is 106. The molecule has 41 heteroatoms. The molecular weight excluding hydrogens is 1810 g/mol. The Morgan fingerprint density at radius 1 is 0.493 bits per heavy atom. The molecular formula is C97H119F3N16O21S. The van der Waals surface area contributed by atoms with Crippen LogP contribution in [0.4, 0.5) is 13.2 Å². The van der Waals surface area contributed by atoms with Gasteiger partial charge in [0.15, 0.2) is 17.5 Å². The number of likely N-dealkylation sites (N-methyl/N-ethyl adjacent to an activating group) is 3. The number of hydrogen-bond acceptors (Lipinski definition) is 21. The van der Waals surface area contributed by atoms with Crippen LogP contribution in [0.5, 0.6) is 11.5 Å². The van der Waals surface area contributed by atoms with Gasteiger partial charge in [-0.3, -0.25) is 76.7 Å². The van der Waals surface area contributed by atoms with E-state index in [0.29, 0.717) is 69.0 Å². The number of nitrogens with one attached hydrogen (secondary N) is 10. The van der Waals surface area contributed by atoms with Crippen molar-refractivity contribution >= 4 is 117 Å². The number of aliphatic hydroxyl groups excluding tert-OH is 2. The highest BCUT2D eigenvalue weighted by Gasteiger charge is 2.49. The third-order valence-electron chi connectivity index (χ3n) is 24.4. The number of H-pyrrole nitrogens is 1. The molecule has 7 aromatic rings. The molecule has 17 N–H and O–H groups in total. The van der Waals surface area contributed by atoms with Crippen LogP contribution in [0.15, 0.2) is 152 Å². The van der Waals surface area contributed by atoms with E-state index in [1.165, 1.54) is 76.5 Å². The van der Waals surface area contributed by atoms with E-state index in [0.717, 1.165) is 31.5 Å². The van der Waals surface area contributed by atoms with E-state index < -0.39 is 271 Å². The van der Waals surface area contributed by atoms with E-state index in [1.807, 2.05) is 0 Å². The van der Waals surface area contributed by atoms with E-state index in [-0.39, 0.29) is 68.4 Å². The van der Waals surface area contributed by atoms with E-state index in [4.69, 9.17) is 5.73 Å². The maximum absolute atomic E-state index is 15.8. The maximum atomic E-state index is 15.8. The van der Waals surface area contributed by atoms with E-state index in [9.17, 15) is 58.7 Å². The lowest BCUT2D eigenvalue weighted by Crippen LogP contribution is -2.62. The van der Waals surface area contributed by atoms with Gasteiger partial charge in [0.1, 0.15) is 90.0 Å². The Hall–Kier alpha value is -14.0. The Morgan fingerprint density at radius 2 is 0.957 bits per heavy atom. The minimum atomic E-state index is -2.06. The summed E-state index contributed by atoms with van der Waals surface area (Å²) in [5.74, 6) is -25.6. The number of aromatic nitrogens is 1. The predicted octanol–water partition coefficient (Wildman–Crippen LogP) is 1.75. The Balaban J connectivity index is 1.07. The number of aromatic hydroxyl groups is 2. The molecule has 37 nitrogen and oxygen atoms in total. The number of phenolic OH excluding ortho intramolecular Hbond substituents is 2. The highest BCUT2D eigenvalue weighted by atomic mass is 32.2. The molecule has 0 aliphatic carbocycles. The van der Waals surface area contributed by atoms with Crippen LogP contribution >= 0.6 is 11.8 Å². The second-order valence-corrected chi connectivity index (χ2v) is 36.8. The number of unbranched alkanes of at least 4 members (excludes halogenated alkanes) is 1. The normalized spacial score (nSPS) is 24.2. The Kier molecular flexibility index (Phi) is 37.8. The predicted molar refractivity (Wildman–Crippen MR) is 499 cm³/mol. The molecule has 3 saturated heterocycles. The number of fused-ring (bicyclic) bond motifs is 3. The molecule has 3 fully saturated rings. The van der Waals surface area contributed by atoms with Crippen molar-refractivity contribution in [2.24, 2.45) is 17.6 Å². The number of phenols is 2. The van der Waals surface area contributed by atoms with E-state index >= 15 is 56.7 Å². The van der Waals surface area contributed by atoms with Gasteiger partial charge in [-0.2, -0.15) is 0 Å². The summed E-state index contributed by atoms with van der Waals surface area (Å²) in [6.45, 7) is 6.26. The molecule has 3 aliphatic rings. The van der Waals surface area contributed by atoms with Gasteiger partial charge in [-0.05, 0) is 101 Å². The molecule has 138 heavy (non-hydrogen) atoms. The molecule has 15 amide bonds. The van der Waals surface area contributed by atoms with Crippen LogP contribution in [0.25, 0.3) is 10.9 Å². The first-order valence-corrected chi connectivity index (χ1v) is 46.6. The molecule has 1 aromatic heterocycles. The Bertz CT molecular complexity index is 5530. The number of thioether (sulfide) groups is 1. The summed E-state index contributed by atoms with van der Waals surface area (Å²) >= 11 is 0.650. The maximum Gasteiger partial charge on any atom is 0.305 e. The zero-order chi connectivity index (χ0) is 101. The zero-order valence-corrected chi connectivity index (χ0v) is 78.4. The molecule has 0 unspecified atom stereocenters. The fraction of sp³-hybridized carbons (Fsp3) is 0.443. The van der Waals surface area contributed by atoms with Crippen molar-refractivity contribution in [1.29, 1.82) is 0 Å². The van der Waals surface area contributed by atoms with Crippen LogP contribution in [0.1, 0.15) is 113 Å². The number of benzene rings is 6. The number of nitrogens with two attached hydrogens (primary N) is 1. The quantitative estimate of drug-likeness (QED) is 0.0406. The minimum Gasteiger partial charge on any atom is -0.508 e. The summed E-state index contributed by atoms with van der Waals surface area (Å²) < 4.78 is 45.2. The molecule has 0 saturated carbocycles. The third kappa shape index (κ3) is 28.8. The van der Waals surface area contributed by atoms with Crippen LogP contribution in [0, 0.1) is 29.3 Å². The lowest BCUT2D eigenvalue weighted by atomic mass is 9.98. The molecule has 10 rings (SSSR count). The Labute approximate surface area is 798 Å². The molecule has 740 valence electrons. The number of carbonyl (C=O) groups excluding carboxylic acids is 15. The smallest absolute Gasteiger partial charge is 0.305 e. The second-order valence-electron chi connectivity index (χ2n) is 35.7. The van der Waals surface area contributed by atoms with Gasteiger partial charge in [0.2, 0.25) is 88.6 Å². The number of hydrogen-bond donors (Lipinski definition) is 16. The van der Waals surface area contributed by atoms with Crippen LogP contribution in [-0.2, 0) is 115 Å². The second kappa shape index (κ2) is 49.2. The van der Waals surface area contributed by atoms with Crippen molar-refractivity contribution in [2.45, 2.75) is 209 Å². The average Bonchev–Trinajstić information content (AvgIpc) is 1.62. The summed E-state index contributed by atoms with van der Waals surface area (Å²) in [7, 11) is 3.62. The van der Waals surface area contributed by atoms with Crippen molar-refractivity contribution in [1.82, 2.24) is 77.3 Å². The van der Waals surface area contributed by atoms with Gasteiger partial charge in [-0.15, -0.1) is 11.8 Å². The number of amides is 15. The lowest BCUT2D eigenvalue weighted by Gasteiger charge is -2.38. The SMILES string of the molecule is CCCC[C@H]1C(=O)N2C[C@@H](O)C[C@@H]2C(=O)N[C@@H](CC(=O)O)C(=O)N[C@@H](C(C)C)C(=O)N(C)[C@H](Cc2ccccc2)C(=O)N[C@@H](Cc2ccc(O)cc2)C(=O)N2C[C@H](O)C[C@@H]2C(=O)N[C@@H](Cc2c[nH]c3ccccc23)C(=O)N[C@@H](Cc2ccc(O)cc2)C(=O)N[C@H](CC(C)C)C(=O)N[C@H](C(=O)NCC(N)=O)CSCC(=O)N[C@H](Cc2cc(F)c(F)c(F)c2)C(=O)N(C)[C@@H](Cc2ccccc2)C(=O)N1C. The van der Waals surface area contributed by atoms with Gasteiger partial charge in [0.05, 0.1) is 30.9 Å². The summed E-state index contributed by atoms with van der Waals surface area (Å²) in [5.41, 5.74) is 7.64. The first-order chi connectivity index (χ1) is 65.6. The van der Waals surface area contributed by atoms with Gasteiger partial charge in [0, 0.05) is 108 Å². The zero-order valence-electron chi connectivity index (χ0n) is 77.6. The first-order valence-electron chi connectivity index (χ1n) is 45.4. The number of carboxylic acids is 1. The molecule has 0 bridgehead atoms. The number of halogens is 3. The number of rotatable bonds is 23. The molecule has 0 spiro atoms. The molecule has 3 aliphatic heterocycles. The van der Waals surface area contributed by atoms with Gasteiger partial charge in [0.25, 0.3) is 0 Å². The molecule has 4 heterocycles. The number of aromatic amines is 1. The number of carbonyl (C=O) groups is 16. The number of aliphatic hydroxyl groups is 2. The van der Waals surface area contributed by atoms with Crippen LogP contribution in [0.3, 0.4) is 0 Å². The largest absolute Gasteiger partial charge is 0.508 e. The summed E-state index contributed by atoms with van der Waals surface area (Å²) in [5, 5.41) is 78.4. The summed E-state index contributed by atoms with van der Waals surface area (Å²) in [6, 6.07) is 13.2. The molecule has 6 aromatic carbocycles. The summed E-state index contributed by atoms with van der Waals surface area (Å²) in [6.07, 6.45) is -5.72. The van der Waals surface area contributed by atoms with Crippen molar-refractivity contribution in [3.63, 3.8) is 0 Å². The summed E-state index contributed by atoms with van der Waals surface area (Å²) in [4.78, 5) is 247. The van der Waals surface area contributed by atoms with Gasteiger partial charge in [-0.25, -0.2) is 13.2 Å². The monoisotopic (exact) mass is 1930 g/mol.